The van der Waals surface area contributed by atoms with Crippen LogP contribution in [0.5, 0.6) is 0 Å². The fourth-order valence-corrected chi connectivity index (χ4v) is 5.19. The maximum absolute atomic E-state index is 12.6. The molecule has 0 saturated heterocycles. The first-order valence-electron chi connectivity index (χ1n) is 7.13. The minimum absolute atomic E-state index is 0.0762. The third-order valence-corrected chi connectivity index (χ3v) is 6.73. The molecule has 0 radical (unpaired) electrons. The Morgan fingerprint density at radius 3 is 2.70 bits per heavy atom. The summed E-state index contributed by atoms with van der Waals surface area (Å²) in [5.41, 5.74) is 5.70. The number of aryl methyl sites for hydroxylation is 1. The molecule has 2 aliphatic rings. The number of hydrogen-bond acceptors (Lipinski definition) is 4. The second-order valence-electron chi connectivity index (χ2n) is 6.27. The van der Waals surface area contributed by atoms with E-state index in [0.717, 1.165) is 5.92 Å². The second kappa shape index (κ2) is 4.73. The minimum Gasteiger partial charge on any atom is -0.381 e. The highest BCUT2D eigenvalue weighted by Gasteiger charge is 2.41. The standard InChI is InChI=1S/C13H22N4O2S/c1-16-8-12(13(14)15-16)20(18,19)17(2)7-11-6-9-3-4-10(11)5-9/h8-11H,3-7H2,1-2H3,(H2,14,15). The molecule has 1 aromatic rings. The third-order valence-electron chi connectivity index (χ3n) is 4.89. The largest absolute Gasteiger partial charge is 0.381 e. The van der Waals surface area contributed by atoms with Gasteiger partial charge in [-0.15, -0.1) is 0 Å². The fraction of sp³-hybridized carbons (Fsp3) is 0.769. The lowest BCUT2D eigenvalue weighted by Crippen LogP contribution is -2.34. The van der Waals surface area contributed by atoms with E-state index in [2.05, 4.69) is 5.10 Å². The zero-order valence-corrected chi connectivity index (χ0v) is 12.8. The topological polar surface area (TPSA) is 81.2 Å². The molecule has 2 aliphatic carbocycles. The highest BCUT2D eigenvalue weighted by Crippen LogP contribution is 2.48. The van der Waals surface area contributed by atoms with Gasteiger partial charge < -0.3 is 5.73 Å². The van der Waals surface area contributed by atoms with E-state index < -0.39 is 10.0 Å². The number of sulfonamides is 1. The monoisotopic (exact) mass is 298 g/mol. The Kier molecular flexibility index (Phi) is 3.29. The molecular weight excluding hydrogens is 276 g/mol. The Balaban J connectivity index is 1.76. The number of anilines is 1. The van der Waals surface area contributed by atoms with Gasteiger partial charge in [0, 0.05) is 26.8 Å². The van der Waals surface area contributed by atoms with Crippen molar-refractivity contribution in [2.24, 2.45) is 24.8 Å². The number of aromatic nitrogens is 2. The van der Waals surface area contributed by atoms with Crippen molar-refractivity contribution < 1.29 is 8.42 Å². The van der Waals surface area contributed by atoms with E-state index in [4.69, 9.17) is 5.73 Å². The summed E-state index contributed by atoms with van der Waals surface area (Å²) in [7, 11) is -0.210. The van der Waals surface area contributed by atoms with E-state index in [1.807, 2.05) is 0 Å². The van der Waals surface area contributed by atoms with Gasteiger partial charge in [-0.25, -0.2) is 12.7 Å². The molecule has 7 heteroatoms. The maximum atomic E-state index is 12.6. The second-order valence-corrected chi connectivity index (χ2v) is 8.29. The van der Waals surface area contributed by atoms with E-state index >= 15 is 0 Å². The molecule has 3 unspecified atom stereocenters. The van der Waals surface area contributed by atoms with Crippen molar-refractivity contribution >= 4 is 15.8 Å². The summed E-state index contributed by atoms with van der Waals surface area (Å²) in [6.45, 7) is 0.595. The van der Waals surface area contributed by atoms with E-state index in [1.54, 1.807) is 14.1 Å². The van der Waals surface area contributed by atoms with Gasteiger partial charge in [0.1, 0.15) is 4.90 Å². The smallest absolute Gasteiger partial charge is 0.248 e. The van der Waals surface area contributed by atoms with Gasteiger partial charge in [0.25, 0.3) is 0 Å². The van der Waals surface area contributed by atoms with Crippen LogP contribution in [0.15, 0.2) is 11.1 Å². The lowest BCUT2D eigenvalue weighted by atomic mass is 9.89. The summed E-state index contributed by atoms with van der Waals surface area (Å²) < 4.78 is 28.0. The van der Waals surface area contributed by atoms with Crippen LogP contribution >= 0.6 is 0 Å². The first-order chi connectivity index (χ1) is 9.38. The van der Waals surface area contributed by atoms with Crippen molar-refractivity contribution in [2.75, 3.05) is 19.3 Å². The quantitative estimate of drug-likeness (QED) is 0.901. The summed E-state index contributed by atoms with van der Waals surface area (Å²) in [6.07, 6.45) is 6.52. The number of nitrogens with two attached hydrogens (primary N) is 1. The van der Waals surface area contributed by atoms with Crippen LogP contribution < -0.4 is 5.73 Å². The van der Waals surface area contributed by atoms with Crippen molar-refractivity contribution in [3.05, 3.63) is 6.20 Å². The van der Waals surface area contributed by atoms with E-state index in [1.165, 1.54) is 40.9 Å². The summed E-state index contributed by atoms with van der Waals surface area (Å²) in [4.78, 5) is 0.116. The van der Waals surface area contributed by atoms with Crippen molar-refractivity contribution in [2.45, 2.75) is 30.6 Å². The molecule has 20 heavy (non-hydrogen) atoms. The van der Waals surface area contributed by atoms with Crippen LogP contribution in [0.1, 0.15) is 25.7 Å². The zero-order valence-electron chi connectivity index (χ0n) is 12.0. The molecule has 6 nitrogen and oxygen atoms in total. The van der Waals surface area contributed by atoms with E-state index in [0.29, 0.717) is 18.4 Å². The molecule has 0 spiro atoms. The average molecular weight is 298 g/mol. The first-order valence-corrected chi connectivity index (χ1v) is 8.57. The number of rotatable bonds is 4. The Morgan fingerprint density at radius 2 is 2.20 bits per heavy atom. The molecule has 112 valence electrons. The van der Waals surface area contributed by atoms with Crippen LogP contribution in [-0.4, -0.2) is 36.1 Å². The summed E-state index contributed by atoms with van der Waals surface area (Å²) in [5, 5.41) is 3.92. The Morgan fingerprint density at radius 1 is 1.45 bits per heavy atom. The molecule has 3 rings (SSSR count). The normalized spacial score (nSPS) is 29.4. The van der Waals surface area contributed by atoms with Gasteiger partial charge in [-0.2, -0.15) is 5.10 Å². The molecule has 0 aliphatic heterocycles. The number of hydrogen-bond donors (Lipinski definition) is 1. The number of fused-ring (bicyclic) bond motifs is 2. The van der Waals surface area contributed by atoms with Gasteiger partial charge in [0.05, 0.1) is 0 Å². The van der Waals surface area contributed by atoms with Gasteiger partial charge in [-0.3, -0.25) is 4.68 Å². The minimum atomic E-state index is -3.53. The van der Waals surface area contributed by atoms with Crippen LogP contribution in [0, 0.1) is 17.8 Å². The SMILES string of the molecule is CN(CC1CC2CCC1C2)S(=O)(=O)c1cn(C)nc1N. The van der Waals surface area contributed by atoms with E-state index in [-0.39, 0.29) is 10.7 Å². The zero-order chi connectivity index (χ0) is 14.5. The molecule has 2 saturated carbocycles. The average Bonchev–Trinajstić information content (AvgIpc) is 3.04. The summed E-state index contributed by atoms with van der Waals surface area (Å²) in [6, 6.07) is 0. The van der Waals surface area contributed by atoms with Gasteiger partial charge in [0.2, 0.25) is 10.0 Å². The Hall–Kier alpha value is -1.08. The predicted molar refractivity (Wildman–Crippen MR) is 76.4 cm³/mol. The lowest BCUT2D eigenvalue weighted by Gasteiger charge is -2.26. The molecule has 0 aromatic carbocycles. The van der Waals surface area contributed by atoms with Gasteiger partial charge >= 0.3 is 0 Å². The van der Waals surface area contributed by atoms with Crippen molar-refractivity contribution in [1.29, 1.82) is 0 Å². The van der Waals surface area contributed by atoms with Crippen molar-refractivity contribution in [1.82, 2.24) is 14.1 Å². The molecular formula is C13H22N4O2S. The van der Waals surface area contributed by atoms with Crippen LogP contribution in [0.25, 0.3) is 0 Å². The third kappa shape index (κ3) is 2.22. The Bertz CT molecular complexity index is 610. The van der Waals surface area contributed by atoms with Crippen molar-refractivity contribution in [3.63, 3.8) is 0 Å². The van der Waals surface area contributed by atoms with E-state index in [9.17, 15) is 8.42 Å². The van der Waals surface area contributed by atoms with Gasteiger partial charge in [-0.1, -0.05) is 6.42 Å². The lowest BCUT2D eigenvalue weighted by molar-refractivity contribution is 0.280. The summed E-state index contributed by atoms with van der Waals surface area (Å²) in [5.74, 6) is 2.12. The van der Waals surface area contributed by atoms with Gasteiger partial charge in [0.15, 0.2) is 5.82 Å². The van der Waals surface area contributed by atoms with Crippen LogP contribution in [0.3, 0.4) is 0 Å². The van der Waals surface area contributed by atoms with Gasteiger partial charge in [-0.05, 0) is 37.0 Å². The molecule has 1 heterocycles. The van der Waals surface area contributed by atoms with Crippen LogP contribution in [0.2, 0.25) is 0 Å². The first kappa shape index (κ1) is 13.9. The molecule has 2 N–H and O–H groups in total. The number of nitrogen functional groups attached to an aromatic ring is 1. The van der Waals surface area contributed by atoms with Crippen molar-refractivity contribution in [3.8, 4) is 0 Å². The predicted octanol–water partition coefficient (Wildman–Crippen LogP) is 1.06. The van der Waals surface area contributed by atoms with Crippen LogP contribution in [0.4, 0.5) is 5.82 Å². The molecule has 2 fully saturated rings. The summed E-state index contributed by atoms with van der Waals surface area (Å²) >= 11 is 0. The molecule has 2 bridgehead atoms. The Labute approximate surface area is 120 Å². The highest BCUT2D eigenvalue weighted by atomic mass is 32.2. The highest BCUT2D eigenvalue weighted by molar-refractivity contribution is 7.89. The molecule has 1 aromatic heterocycles. The molecule has 3 atom stereocenters. The molecule has 0 amide bonds. The maximum Gasteiger partial charge on any atom is 0.248 e. The number of nitrogens with zero attached hydrogens (tertiary/aromatic N) is 3. The fourth-order valence-electron chi connectivity index (χ4n) is 3.88. The van der Waals surface area contributed by atoms with Crippen LogP contribution in [-0.2, 0) is 17.1 Å².